The van der Waals surface area contributed by atoms with Crippen molar-refractivity contribution in [1.82, 2.24) is 5.32 Å². The zero-order valence-corrected chi connectivity index (χ0v) is 12.2. The van der Waals surface area contributed by atoms with Gasteiger partial charge in [0.25, 0.3) is 0 Å². The average Bonchev–Trinajstić information content (AvgIpc) is 2.35. The van der Waals surface area contributed by atoms with Crippen LogP contribution >= 0.6 is 11.8 Å². The van der Waals surface area contributed by atoms with Gasteiger partial charge in [0.05, 0.1) is 0 Å². The molecule has 2 aliphatic rings. The summed E-state index contributed by atoms with van der Waals surface area (Å²) in [5, 5.41) is 4.87. The van der Waals surface area contributed by atoms with Gasteiger partial charge in [-0.2, -0.15) is 0 Å². The number of rotatable bonds is 3. The molecule has 2 nitrogen and oxygen atoms in total. The molecule has 1 aliphatic heterocycles. The molecule has 1 N–H and O–H groups in total. The Morgan fingerprint density at radius 2 is 2.06 bits per heavy atom. The van der Waals surface area contributed by atoms with Gasteiger partial charge in [-0.15, -0.1) is 0 Å². The van der Waals surface area contributed by atoms with Gasteiger partial charge in [-0.25, -0.2) is 0 Å². The van der Waals surface area contributed by atoms with E-state index in [1.807, 2.05) is 11.8 Å². The maximum Gasteiger partial charge on any atom is 0.156 e. The summed E-state index contributed by atoms with van der Waals surface area (Å²) in [4.78, 5) is 4.76. The van der Waals surface area contributed by atoms with Gasteiger partial charge >= 0.3 is 0 Å². The van der Waals surface area contributed by atoms with Crippen LogP contribution < -0.4 is 5.32 Å². The molecule has 2 fully saturated rings. The first-order valence-corrected chi connectivity index (χ1v) is 8.09. The van der Waals surface area contributed by atoms with Gasteiger partial charge in [0.15, 0.2) is 5.17 Å². The summed E-state index contributed by atoms with van der Waals surface area (Å²) in [7, 11) is 0. The van der Waals surface area contributed by atoms with Gasteiger partial charge in [-0.1, -0.05) is 45.4 Å². The molecule has 0 spiro atoms. The lowest BCUT2D eigenvalue weighted by atomic mass is 9.86. The molecule has 1 aliphatic carbocycles. The average molecular weight is 254 g/mol. The van der Waals surface area contributed by atoms with E-state index in [1.54, 1.807) is 0 Å². The van der Waals surface area contributed by atoms with E-state index in [2.05, 4.69) is 26.1 Å². The zero-order chi connectivity index (χ0) is 12.3. The molecule has 0 aromatic heterocycles. The topological polar surface area (TPSA) is 24.4 Å². The Balaban J connectivity index is 1.84. The van der Waals surface area contributed by atoms with Crippen molar-refractivity contribution in [3.05, 3.63) is 0 Å². The molecule has 3 heteroatoms. The van der Waals surface area contributed by atoms with Crippen LogP contribution in [-0.4, -0.2) is 23.5 Å². The van der Waals surface area contributed by atoms with E-state index in [0.717, 1.165) is 24.4 Å². The fourth-order valence-electron chi connectivity index (χ4n) is 2.51. The minimum Gasteiger partial charge on any atom is -0.362 e. The molecule has 3 unspecified atom stereocenters. The van der Waals surface area contributed by atoms with Gasteiger partial charge in [-0.05, 0) is 30.6 Å². The molecule has 0 bridgehead atoms. The second kappa shape index (κ2) is 6.12. The highest BCUT2D eigenvalue weighted by atomic mass is 32.2. The maximum absolute atomic E-state index is 4.76. The van der Waals surface area contributed by atoms with E-state index < -0.39 is 0 Å². The van der Waals surface area contributed by atoms with Crippen molar-refractivity contribution in [1.29, 1.82) is 0 Å². The highest BCUT2D eigenvalue weighted by Crippen LogP contribution is 2.31. The highest BCUT2D eigenvalue weighted by Gasteiger charge is 2.30. The molecule has 0 aromatic rings. The van der Waals surface area contributed by atoms with E-state index in [1.165, 1.54) is 36.6 Å². The Morgan fingerprint density at radius 3 is 2.82 bits per heavy atom. The fourth-order valence-corrected chi connectivity index (χ4v) is 3.68. The van der Waals surface area contributed by atoms with Gasteiger partial charge in [0, 0.05) is 18.3 Å². The van der Waals surface area contributed by atoms with Crippen LogP contribution in [0.1, 0.15) is 46.5 Å². The molecule has 98 valence electrons. The van der Waals surface area contributed by atoms with Crippen molar-refractivity contribution in [3.8, 4) is 0 Å². The molecule has 3 atom stereocenters. The summed E-state index contributed by atoms with van der Waals surface area (Å²) in [5.41, 5.74) is 0. The third kappa shape index (κ3) is 3.64. The third-order valence-electron chi connectivity index (χ3n) is 4.31. The molecule has 17 heavy (non-hydrogen) atoms. The number of hydrogen-bond donors (Lipinski definition) is 1. The number of amidine groups is 1. The molecule has 0 radical (unpaired) electrons. The Kier molecular flexibility index (Phi) is 4.78. The van der Waals surface area contributed by atoms with Crippen molar-refractivity contribution in [2.45, 2.75) is 52.5 Å². The van der Waals surface area contributed by atoms with Crippen LogP contribution in [0.15, 0.2) is 4.99 Å². The number of fused-ring (bicyclic) bond motifs is 1. The number of nitrogens with one attached hydrogen (secondary N) is 1. The Labute approximate surface area is 110 Å². The molecule has 1 saturated heterocycles. The van der Waals surface area contributed by atoms with E-state index >= 15 is 0 Å². The van der Waals surface area contributed by atoms with E-state index in [4.69, 9.17) is 4.99 Å². The van der Waals surface area contributed by atoms with Crippen LogP contribution in [0.25, 0.3) is 0 Å². The van der Waals surface area contributed by atoms with Crippen molar-refractivity contribution in [3.63, 3.8) is 0 Å². The molecular weight excluding hydrogens is 228 g/mol. The second-order valence-corrected chi connectivity index (χ2v) is 6.98. The molecule has 1 saturated carbocycles. The Hall–Kier alpha value is -0.180. The standard InChI is InChI=1S/C14H26N2S/c1-10(2)11(3)8-15-14-16-13-7-5-4-6-12(13)9-17-14/h10-13H,4-9H2,1-3H3,(H,15,16). The van der Waals surface area contributed by atoms with Gasteiger partial charge in [0.1, 0.15) is 0 Å². The minimum absolute atomic E-state index is 0.689. The predicted molar refractivity (Wildman–Crippen MR) is 77.6 cm³/mol. The monoisotopic (exact) mass is 254 g/mol. The summed E-state index contributed by atoms with van der Waals surface area (Å²) in [6, 6.07) is 0.720. The van der Waals surface area contributed by atoms with E-state index in [-0.39, 0.29) is 0 Å². The molecule has 0 amide bonds. The smallest absolute Gasteiger partial charge is 0.156 e. The van der Waals surface area contributed by atoms with Crippen LogP contribution in [0.5, 0.6) is 0 Å². The summed E-state index contributed by atoms with van der Waals surface area (Å²) in [6.45, 7) is 7.84. The van der Waals surface area contributed by atoms with E-state index in [0.29, 0.717) is 5.92 Å². The largest absolute Gasteiger partial charge is 0.362 e. The predicted octanol–water partition coefficient (Wildman–Crippen LogP) is 3.53. The normalized spacial score (nSPS) is 33.3. The minimum atomic E-state index is 0.689. The third-order valence-corrected chi connectivity index (χ3v) is 5.43. The number of nitrogens with zero attached hydrogens (tertiary/aromatic N) is 1. The van der Waals surface area contributed by atoms with Crippen molar-refractivity contribution in [2.75, 3.05) is 12.3 Å². The van der Waals surface area contributed by atoms with Crippen LogP contribution in [0.2, 0.25) is 0 Å². The lowest BCUT2D eigenvalue weighted by molar-refractivity contribution is 0.310. The van der Waals surface area contributed by atoms with Crippen LogP contribution in [-0.2, 0) is 0 Å². The second-order valence-electron chi connectivity index (χ2n) is 5.97. The van der Waals surface area contributed by atoms with E-state index in [9.17, 15) is 0 Å². The van der Waals surface area contributed by atoms with Gasteiger partial charge in [0.2, 0.25) is 0 Å². The lowest BCUT2D eigenvalue weighted by Crippen LogP contribution is -2.46. The summed E-state index contributed by atoms with van der Waals surface area (Å²) >= 11 is 1.94. The number of hydrogen-bond acceptors (Lipinski definition) is 2. The van der Waals surface area contributed by atoms with Gasteiger partial charge in [-0.3, -0.25) is 4.99 Å². The SMILES string of the molecule is CC(C)C(C)CN=C1NC2CCCCC2CS1. The summed E-state index contributed by atoms with van der Waals surface area (Å²) in [6.07, 6.45) is 5.60. The first kappa shape index (κ1) is 13.3. The quantitative estimate of drug-likeness (QED) is 0.833. The van der Waals surface area contributed by atoms with Crippen molar-refractivity contribution < 1.29 is 0 Å². The Bertz CT molecular complexity index is 275. The zero-order valence-electron chi connectivity index (χ0n) is 11.4. The summed E-state index contributed by atoms with van der Waals surface area (Å²) in [5.74, 6) is 3.60. The maximum atomic E-state index is 4.76. The van der Waals surface area contributed by atoms with Crippen molar-refractivity contribution in [2.24, 2.45) is 22.7 Å². The molecule has 0 aromatic carbocycles. The first-order valence-electron chi connectivity index (χ1n) is 7.10. The van der Waals surface area contributed by atoms with Crippen LogP contribution in [0.3, 0.4) is 0 Å². The number of aliphatic imine (C=N–C) groups is 1. The number of thioether (sulfide) groups is 1. The lowest BCUT2D eigenvalue weighted by Gasteiger charge is -2.37. The molecule has 2 rings (SSSR count). The van der Waals surface area contributed by atoms with Crippen LogP contribution in [0, 0.1) is 17.8 Å². The van der Waals surface area contributed by atoms with Crippen molar-refractivity contribution >= 4 is 16.9 Å². The fraction of sp³-hybridized carbons (Fsp3) is 0.929. The molecule has 1 heterocycles. The summed E-state index contributed by atoms with van der Waals surface area (Å²) < 4.78 is 0. The molecular formula is C14H26N2S. The van der Waals surface area contributed by atoms with Gasteiger partial charge < -0.3 is 5.32 Å². The Morgan fingerprint density at radius 1 is 1.29 bits per heavy atom. The first-order chi connectivity index (χ1) is 8.16. The highest BCUT2D eigenvalue weighted by molar-refractivity contribution is 8.13. The van der Waals surface area contributed by atoms with Crippen LogP contribution in [0.4, 0.5) is 0 Å².